The van der Waals surface area contributed by atoms with E-state index in [0.29, 0.717) is 5.82 Å². The Morgan fingerprint density at radius 3 is 2.77 bits per heavy atom. The molecule has 0 aliphatic carbocycles. The summed E-state index contributed by atoms with van der Waals surface area (Å²) in [6.45, 7) is 0. The maximum atomic E-state index is 5.79. The first-order valence-electron chi connectivity index (χ1n) is 3.69. The molecule has 2 N–H and O–H groups in total. The normalized spacial score (nSPS) is 10.6. The first kappa shape index (κ1) is 8.97. The summed E-state index contributed by atoms with van der Waals surface area (Å²) >= 11 is 6.74. The van der Waals surface area contributed by atoms with Crippen molar-refractivity contribution in [3.05, 3.63) is 33.3 Å². The second kappa shape index (κ2) is 3.27. The van der Waals surface area contributed by atoms with Crippen LogP contribution in [-0.2, 0) is 0 Å². The minimum absolute atomic E-state index is 0.539. The quantitative estimate of drug-likeness (QED) is 0.758. The number of fused-ring (bicyclic) bond motifs is 1. The van der Waals surface area contributed by atoms with Crippen molar-refractivity contribution in [3.63, 3.8) is 0 Å². The van der Waals surface area contributed by atoms with Crippen molar-refractivity contribution in [3.8, 4) is 0 Å². The zero-order valence-electron chi connectivity index (χ0n) is 6.59. The van der Waals surface area contributed by atoms with Crippen LogP contribution in [0.2, 0.25) is 0 Å². The number of benzene rings is 1. The van der Waals surface area contributed by atoms with Crippen LogP contribution in [0.4, 0.5) is 5.82 Å². The Morgan fingerprint density at radius 2 is 2.00 bits per heavy atom. The van der Waals surface area contributed by atoms with E-state index < -0.39 is 0 Å². The number of hydrogen-bond donors (Lipinski definition) is 1. The summed E-state index contributed by atoms with van der Waals surface area (Å²) in [5, 5.41) is 2.04. The molecule has 2 aromatic rings. The van der Waals surface area contributed by atoms with Gasteiger partial charge in [0.2, 0.25) is 0 Å². The molecule has 1 heterocycles. The molecule has 0 aliphatic rings. The first-order chi connectivity index (χ1) is 6.18. The molecule has 66 valence electrons. The van der Waals surface area contributed by atoms with Gasteiger partial charge in [0.1, 0.15) is 10.4 Å². The summed E-state index contributed by atoms with van der Waals surface area (Å²) in [4.78, 5) is 4.13. The molecule has 2 nitrogen and oxygen atoms in total. The van der Waals surface area contributed by atoms with Crippen molar-refractivity contribution < 1.29 is 0 Å². The van der Waals surface area contributed by atoms with Crippen LogP contribution in [0.25, 0.3) is 10.8 Å². The Kier molecular flexibility index (Phi) is 2.26. The molecular weight excluding hydrogens is 296 g/mol. The minimum atomic E-state index is 0.539. The van der Waals surface area contributed by atoms with Gasteiger partial charge in [-0.05, 0) is 33.4 Å². The molecule has 0 unspecified atom stereocenters. The molecule has 0 radical (unpaired) electrons. The van der Waals surface area contributed by atoms with Crippen LogP contribution < -0.4 is 5.73 Å². The molecule has 0 bridgehead atoms. The van der Waals surface area contributed by atoms with E-state index in [9.17, 15) is 0 Å². The smallest absolute Gasteiger partial charge is 0.133 e. The van der Waals surface area contributed by atoms with Gasteiger partial charge in [-0.3, -0.25) is 0 Å². The number of nitrogens with zero attached hydrogens (tertiary/aromatic N) is 1. The van der Waals surface area contributed by atoms with Gasteiger partial charge in [0.15, 0.2) is 0 Å². The lowest BCUT2D eigenvalue weighted by Gasteiger charge is -2.03. The van der Waals surface area contributed by atoms with Gasteiger partial charge in [-0.2, -0.15) is 0 Å². The lowest BCUT2D eigenvalue weighted by atomic mass is 10.2. The highest BCUT2D eigenvalue weighted by atomic mass is 79.9. The molecule has 0 aliphatic heterocycles. The number of pyridine rings is 1. The van der Waals surface area contributed by atoms with Crippen molar-refractivity contribution in [2.75, 3.05) is 5.73 Å². The molecule has 0 atom stereocenters. The topological polar surface area (TPSA) is 38.9 Å². The van der Waals surface area contributed by atoms with Gasteiger partial charge in [-0.25, -0.2) is 4.98 Å². The molecule has 2 rings (SSSR count). The van der Waals surface area contributed by atoms with E-state index in [-0.39, 0.29) is 0 Å². The largest absolute Gasteiger partial charge is 0.383 e. The summed E-state index contributed by atoms with van der Waals surface area (Å²) in [5.41, 5.74) is 5.79. The number of nitrogen functional groups attached to an aromatic ring is 1. The van der Waals surface area contributed by atoms with Gasteiger partial charge in [0, 0.05) is 9.86 Å². The van der Waals surface area contributed by atoms with E-state index in [4.69, 9.17) is 5.73 Å². The number of hydrogen-bond acceptors (Lipinski definition) is 2. The number of nitrogens with two attached hydrogens (primary N) is 1. The van der Waals surface area contributed by atoms with Crippen molar-refractivity contribution in [1.29, 1.82) is 0 Å². The van der Waals surface area contributed by atoms with Crippen molar-refractivity contribution in [1.82, 2.24) is 4.98 Å². The van der Waals surface area contributed by atoms with E-state index in [1.54, 1.807) is 0 Å². The maximum absolute atomic E-state index is 5.79. The van der Waals surface area contributed by atoms with Crippen LogP contribution in [-0.4, -0.2) is 4.98 Å². The molecule has 0 fully saturated rings. The number of aromatic nitrogens is 1. The van der Waals surface area contributed by atoms with E-state index in [2.05, 4.69) is 36.8 Å². The third kappa shape index (κ3) is 1.56. The number of rotatable bonds is 0. The Hall–Kier alpha value is -0.610. The Bertz CT molecular complexity index is 468. The SMILES string of the molecule is Nc1nc(Br)cc2cccc(Br)c12. The van der Waals surface area contributed by atoms with Crippen molar-refractivity contribution in [2.24, 2.45) is 0 Å². The van der Waals surface area contributed by atoms with Crippen LogP contribution in [0.3, 0.4) is 0 Å². The first-order valence-corrected chi connectivity index (χ1v) is 5.27. The molecule has 0 amide bonds. The summed E-state index contributed by atoms with van der Waals surface area (Å²) < 4.78 is 1.73. The highest BCUT2D eigenvalue weighted by Gasteiger charge is 2.04. The van der Waals surface area contributed by atoms with Gasteiger partial charge in [-0.1, -0.05) is 28.1 Å². The fraction of sp³-hybridized carbons (Fsp3) is 0. The van der Waals surface area contributed by atoms with Gasteiger partial charge < -0.3 is 5.73 Å². The highest BCUT2D eigenvalue weighted by molar-refractivity contribution is 9.11. The predicted molar refractivity (Wildman–Crippen MR) is 61.6 cm³/mol. The average molecular weight is 302 g/mol. The van der Waals surface area contributed by atoms with Crippen LogP contribution in [0.5, 0.6) is 0 Å². The fourth-order valence-corrected chi connectivity index (χ4v) is 2.29. The van der Waals surface area contributed by atoms with Crippen LogP contribution >= 0.6 is 31.9 Å². The third-order valence-corrected chi connectivity index (χ3v) is 2.87. The minimum Gasteiger partial charge on any atom is -0.383 e. The molecule has 1 aromatic heterocycles. The van der Waals surface area contributed by atoms with Gasteiger partial charge in [-0.15, -0.1) is 0 Å². The Morgan fingerprint density at radius 1 is 1.23 bits per heavy atom. The van der Waals surface area contributed by atoms with E-state index >= 15 is 0 Å². The Balaban J connectivity index is 2.94. The summed E-state index contributed by atoms with van der Waals surface area (Å²) in [7, 11) is 0. The molecular formula is C9H6Br2N2. The lowest BCUT2D eigenvalue weighted by Crippen LogP contribution is -1.92. The lowest BCUT2D eigenvalue weighted by molar-refractivity contribution is 1.31. The second-order valence-corrected chi connectivity index (χ2v) is 4.33. The molecule has 0 spiro atoms. The van der Waals surface area contributed by atoms with Crippen LogP contribution in [0.15, 0.2) is 33.3 Å². The molecule has 4 heteroatoms. The van der Waals surface area contributed by atoms with E-state index in [1.807, 2.05) is 24.3 Å². The van der Waals surface area contributed by atoms with Crippen molar-refractivity contribution in [2.45, 2.75) is 0 Å². The van der Waals surface area contributed by atoms with E-state index in [1.165, 1.54) is 0 Å². The zero-order chi connectivity index (χ0) is 9.42. The number of halogens is 2. The second-order valence-electron chi connectivity index (χ2n) is 2.67. The molecule has 1 aromatic carbocycles. The highest BCUT2D eigenvalue weighted by Crippen LogP contribution is 2.29. The van der Waals surface area contributed by atoms with Gasteiger partial charge >= 0.3 is 0 Å². The average Bonchev–Trinajstić information content (AvgIpc) is 2.02. The summed E-state index contributed by atoms with van der Waals surface area (Å²) in [6, 6.07) is 7.87. The fourth-order valence-electron chi connectivity index (χ4n) is 1.26. The summed E-state index contributed by atoms with van der Waals surface area (Å²) in [5.74, 6) is 0.539. The van der Waals surface area contributed by atoms with E-state index in [0.717, 1.165) is 19.8 Å². The third-order valence-electron chi connectivity index (χ3n) is 1.80. The standard InChI is InChI=1S/C9H6Br2N2/c10-6-3-1-2-5-4-7(11)13-9(12)8(5)6/h1-4H,(H2,12,13). The number of anilines is 1. The summed E-state index contributed by atoms with van der Waals surface area (Å²) in [6.07, 6.45) is 0. The molecule has 0 saturated heterocycles. The Labute approximate surface area is 92.4 Å². The van der Waals surface area contributed by atoms with Gasteiger partial charge in [0.25, 0.3) is 0 Å². The van der Waals surface area contributed by atoms with Crippen LogP contribution in [0.1, 0.15) is 0 Å². The van der Waals surface area contributed by atoms with Crippen LogP contribution in [0, 0.1) is 0 Å². The maximum Gasteiger partial charge on any atom is 0.133 e. The molecule has 13 heavy (non-hydrogen) atoms. The zero-order valence-corrected chi connectivity index (χ0v) is 9.76. The predicted octanol–water partition coefficient (Wildman–Crippen LogP) is 3.34. The molecule has 0 saturated carbocycles. The van der Waals surface area contributed by atoms with Gasteiger partial charge in [0.05, 0.1) is 0 Å². The van der Waals surface area contributed by atoms with Crippen molar-refractivity contribution >= 4 is 48.5 Å². The monoisotopic (exact) mass is 300 g/mol.